The molecule has 1 heterocycles. The summed E-state index contributed by atoms with van der Waals surface area (Å²) in [5.41, 5.74) is 7.96. The van der Waals surface area contributed by atoms with E-state index in [0.29, 0.717) is 18.3 Å². The molecule has 1 unspecified atom stereocenters. The minimum Gasteiger partial charge on any atom is -0.377 e. The Bertz CT molecular complexity index is 563. The maximum atomic E-state index is 5.98. The highest BCUT2D eigenvalue weighted by molar-refractivity contribution is 9.10. The van der Waals surface area contributed by atoms with E-state index in [1.165, 1.54) is 0 Å². The molecule has 1 aromatic heterocycles. The van der Waals surface area contributed by atoms with Gasteiger partial charge in [-0.3, -0.25) is 0 Å². The molecule has 6 heteroatoms. The molecule has 5 nitrogen and oxygen atoms in total. The SMILES string of the molecule is Cc1cc(Br)cc(-c2nc(C(N)COC(C)C)no2)c1. The summed E-state index contributed by atoms with van der Waals surface area (Å²) in [5, 5.41) is 3.92. The number of aromatic nitrogens is 2. The molecule has 20 heavy (non-hydrogen) atoms. The molecule has 1 atom stereocenters. The van der Waals surface area contributed by atoms with Crippen molar-refractivity contribution in [1.29, 1.82) is 0 Å². The molecule has 108 valence electrons. The number of aryl methyl sites for hydroxylation is 1. The van der Waals surface area contributed by atoms with Crippen molar-refractivity contribution in [3.8, 4) is 11.5 Å². The van der Waals surface area contributed by atoms with Crippen molar-refractivity contribution in [2.24, 2.45) is 5.73 Å². The van der Waals surface area contributed by atoms with Crippen LogP contribution in [0.15, 0.2) is 27.2 Å². The molecule has 0 spiro atoms. The molecule has 0 saturated heterocycles. The number of hydrogen-bond donors (Lipinski definition) is 1. The van der Waals surface area contributed by atoms with Gasteiger partial charge >= 0.3 is 0 Å². The first-order valence-electron chi connectivity index (χ1n) is 6.44. The van der Waals surface area contributed by atoms with Gasteiger partial charge in [0.2, 0.25) is 0 Å². The van der Waals surface area contributed by atoms with Crippen LogP contribution in [0.3, 0.4) is 0 Å². The van der Waals surface area contributed by atoms with Gasteiger partial charge in [-0.1, -0.05) is 21.1 Å². The standard InChI is InChI=1S/C14H18BrN3O2/c1-8(2)19-7-12(16)13-17-14(20-18-13)10-4-9(3)5-11(15)6-10/h4-6,8,12H,7,16H2,1-3H3. The molecule has 2 rings (SSSR count). The van der Waals surface area contributed by atoms with Gasteiger partial charge in [0, 0.05) is 10.0 Å². The molecular weight excluding hydrogens is 322 g/mol. The van der Waals surface area contributed by atoms with Crippen LogP contribution in [-0.2, 0) is 4.74 Å². The topological polar surface area (TPSA) is 74.2 Å². The second kappa shape index (κ2) is 6.47. The van der Waals surface area contributed by atoms with Crippen molar-refractivity contribution in [2.75, 3.05) is 6.61 Å². The number of rotatable bonds is 5. The van der Waals surface area contributed by atoms with Crippen LogP contribution >= 0.6 is 15.9 Å². The van der Waals surface area contributed by atoms with Crippen LogP contribution in [0.5, 0.6) is 0 Å². The van der Waals surface area contributed by atoms with E-state index in [0.717, 1.165) is 15.6 Å². The fraction of sp³-hybridized carbons (Fsp3) is 0.429. The minimum absolute atomic E-state index is 0.125. The molecule has 2 N–H and O–H groups in total. The van der Waals surface area contributed by atoms with Gasteiger partial charge in [0.15, 0.2) is 5.82 Å². The lowest BCUT2D eigenvalue weighted by Crippen LogP contribution is -2.20. The molecular formula is C14H18BrN3O2. The number of benzene rings is 1. The zero-order chi connectivity index (χ0) is 14.7. The Kier molecular flexibility index (Phi) is 4.91. The summed E-state index contributed by atoms with van der Waals surface area (Å²) in [6.07, 6.45) is 0.125. The number of nitrogens with zero attached hydrogens (tertiary/aromatic N) is 2. The Hall–Kier alpha value is -1.24. The summed E-state index contributed by atoms with van der Waals surface area (Å²) >= 11 is 3.45. The van der Waals surface area contributed by atoms with E-state index in [2.05, 4.69) is 26.1 Å². The molecule has 0 bridgehead atoms. The van der Waals surface area contributed by atoms with Crippen LogP contribution in [0, 0.1) is 6.92 Å². The number of hydrogen-bond acceptors (Lipinski definition) is 5. The quantitative estimate of drug-likeness (QED) is 0.904. The second-order valence-electron chi connectivity index (χ2n) is 4.96. The van der Waals surface area contributed by atoms with Crippen molar-refractivity contribution in [3.63, 3.8) is 0 Å². The van der Waals surface area contributed by atoms with E-state index in [4.69, 9.17) is 15.0 Å². The van der Waals surface area contributed by atoms with E-state index < -0.39 is 0 Å². The zero-order valence-corrected chi connectivity index (χ0v) is 13.3. The predicted molar refractivity (Wildman–Crippen MR) is 80.2 cm³/mol. The molecule has 0 aliphatic rings. The summed E-state index contributed by atoms with van der Waals surface area (Å²) in [5.74, 6) is 0.919. The maximum Gasteiger partial charge on any atom is 0.258 e. The Morgan fingerprint density at radius 1 is 1.35 bits per heavy atom. The third-order valence-electron chi connectivity index (χ3n) is 2.67. The van der Waals surface area contributed by atoms with E-state index in [1.54, 1.807) is 0 Å². The normalized spacial score (nSPS) is 12.9. The largest absolute Gasteiger partial charge is 0.377 e. The lowest BCUT2D eigenvalue weighted by molar-refractivity contribution is 0.0665. The number of ether oxygens (including phenoxy) is 1. The average molecular weight is 340 g/mol. The van der Waals surface area contributed by atoms with E-state index >= 15 is 0 Å². The zero-order valence-electron chi connectivity index (χ0n) is 11.8. The monoisotopic (exact) mass is 339 g/mol. The lowest BCUT2D eigenvalue weighted by Gasteiger charge is -2.10. The van der Waals surface area contributed by atoms with Crippen LogP contribution in [-0.4, -0.2) is 22.9 Å². The highest BCUT2D eigenvalue weighted by Crippen LogP contribution is 2.24. The maximum absolute atomic E-state index is 5.98. The summed E-state index contributed by atoms with van der Waals surface area (Å²) < 4.78 is 11.7. The summed E-state index contributed by atoms with van der Waals surface area (Å²) in [6, 6.07) is 5.55. The number of halogens is 1. The van der Waals surface area contributed by atoms with E-state index in [-0.39, 0.29) is 12.1 Å². The van der Waals surface area contributed by atoms with Crippen LogP contribution in [0.1, 0.15) is 31.3 Å². The van der Waals surface area contributed by atoms with E-state index in [1.807, 2.05) is 39.0 Å². The van der Waals surface area contributed by atoms with Gasteiger partial charge in [-0.2, -0.15) is 4.98 Å². The van der Waals surface area contributed by atoms with Crippen molar-refractivity contribution in [3.05, 3.63) is 34.1 Å². The number of nitrogens with two attached hydrogens (primary N) is 1. The third kappa shape index (κ3) is 3.88. The summed E-state index contributed by atoms with van der Waals surface area (Å²) in [6.45, 7) is 6.29. The first kappa shape index (κ1) is 15.2. The lowest BCUT2D eigenvalue weighted by atomic mass is 10.1. The molecule has 0 aliphatic heterocycles. The molecule has 2 aromatic rings. The van der Waals surface area contributed by atoms with Crippen LogP contribution in [0.25, 0.3) is 11.5 Å². The van der Waals surface area contributed by atoms with Crippen molar-refractivity contribution >= 4 is 15.9 Å². The molecule has 0 aliphatic carbocycles. The fourth-order valence-corrected chi connectivity index (χ4v) is 2.34. The van der Waals surface area contributed by atoms with Gasteiger partial charge < -0.3 is 15.0 Å². The Morgan fingerprint density at radius 3 is 2.75 bits per heavy atom. The molecule has 0 radical (unpaired) electrons. The van der Waals surface area contributed by atoms with Crippen molar-refractivity contribution in [1.82, 2.24) is 10.1 Å². The Morgan fingerprint density at radius 2 is 2.10 bits per heavy atom. The highest BCUT2D eigenvalue weighted by atomic mass is 79.9. The first-order chi connectivity index (χ1) is 9.45. The van der Waals surface area contributed by atoms with Crippen LogP contribution < -0.4 is 5.73 Å². The van der Waals surface area contributed by atoms with Crippen molar-refractivity contribution < 1.29 is 9.26 Å². The van der Waals surface area contributed by atoms with Gasteiger partial charge in [-0.25, -0.2) is 0 Å². The fourth-order valence-electron chi connectivity index (χ4n) is 1.73. The first-order valence-corrected chi connectivity index (χ1v) is 7.23. The van der Waals surface area contributed by atoms with E-state index in [9.17, 15) is 0 Å². The Labute approximate surface area is 126 Å². The summed E-state index contributed by atoms with van der Waals surface area (Å²) in [7, 11) is 0. The minimum atomic E-state index is -0.386. The van der Waals surface area contributed by atoms with Crippen LogP contribution in [0.2, 0.25) is 0 Å². The third-order valence-corrected chi connectivity index (χ3v) is 3.13. The molecule has 1 aromatic carbocycles. The van der Waals surface area contributed by atoms with Gasteiger partial charge in [-0.05, 0) is 44.5 Å². The average Bonchev–Trinajstić information content (AvgIpc) is 2.84. The van der Waals surface area contributed by atoms with Gasteiger partial charge in [0.1, 0.15) is 0 Å². The molecule has 0 amide bonds. The van der Waals surface area contributed by atoms with Crippen LogP contribution in [0.4, 0.5) is 0 Å². The highest BCUT2D eigenvalue weighted by Gasteiger charge is 2.16. The van der Waals surface area contributed by atoms with Crippen molar-refractivity contribution in [2.45, 2.75) is 32.9 Å². The van der Waals surface area contributed by atoms with Gasteiger partial charge in [0.25, 0.3) is 5.89 Å². The van der Waals surface area contributed by atoms with Gasteiger partial charge in [0.05, 0.1) is 18.8 Å². The summed E-state index contributed by atoms with van der Waals surface area (Å²) in [4.78, 5) is 4.34. The smallest absolute Gasteiger partial charge is 0.258 e. The predicted octanol–water partition coefficient (Wildman–Crippen LogP) is 3.23. The van der Waals surface area contributed by atoms with Gasteiger partial charge in [-0.15, -0.1) is 0 Å². The Balaban J connectivity index is 2.15. The molecule has 0 fully saturated rings. The molecule has 0 saturated carbocycles. The second-order valence-corrected chi connectivity index (χ2v) is 5.88.